The number of rotatable bonds is 6. The normalized spacial score (nSPS) is 16.3. The van der Waals surface area contributed by atoms with E-state index >= 15 is 0 Å². The molecule has 0 aliphatic carbocycles. The maximum atomic E-state index is 12.6. The van der Waals surface area contributed by atoms with Gasteiger partial charge >= 0.3 is 5.63 Å². The molecule has 1 amide bonds. The van der Waals surface area contributed by atoms with E-state index in [1.807, 2.05) is 26.1 Å². The number of aryl methyl sites for hydroxylation is 1. The van der Waals surface area contributed by atoms with E-state index in [4.69, 9.17) is 13.9 Å². The summed E-state index contributed by atoms with van der Waals surface area (Å²) in [5.41, 5.74) is 1.04. The highest BCUT2D eigenvalue weighted by Gasteiger charge is 2.23. The predicted molar refractivity (Wildman–Crippen MR) is 103 cm³/mol. The molecule has 0 spiro atoms. The van der Waals surface area contributed by atoms with Crippen LogP contribution in [0.3, 0.4) is 0 Å². The molecule has 1 unspecified atom stereocenters. The molecule has 1 atom stereocenters. The molecule has 146 valence electrons. The monoisotopic (exact) mass is 373 g/mol. The van der Waals surface area contributed by atoms with E-state index in [1.165, 1.54) is 6.07 Å². The number of carbonyl (C=O) groups is 1. The molecule has 1 aromatic heterocycles. The molecule has 0 bridgehead atoms. The van der Waals surface area contributed by atoms with Gasteiger partial charge in [0, 0.05) is 44.3 Å². The zero-order valence-corrected chi connectivity index (χ0v) is 16.2. The molecule has 6 heteroatoms. The lowest BCUT2D eigenvalue weighted by Crippen LogP contribution is -2.41. The van der Waals surface area contributed by atoms with Gasteiger partial charge in [-0.1, -0.05) is 6.92 Å². The number of nitrogens with zero attached hydrogens (tertiary/aromatic N) is 1. The van der Waals surface area contributed by atoms with Crippen molar-refractivity contribution in [1.82, 2.24) is 4.90 Å². The molecule has 27 heavy (non-hydrogen) atoms. The van der Waals surface area contributed by atoms with Crippen LogP contribution in [0.15, 0.2) is 33.5 Å². The number of hydrogen-bond acceptors (Lipinski definition) is 5. The van der Waals surface area contributed by atoms with Gasteiger partial charge in [0.05, 0.1) is 0 Å². The minimum absolute atomic E-state index is 0.0645. The number of amides is 1. The van der Waals surface area contributed by atoms with E-state index in [1.54, 1.807) is 17.9 Å². The highest BCUT2D eigenvalue weighted by atomic mass is 16.5. The zero-order valence-electron chi connectivity index (χ0n) is 16.2. The van der Waals surface area contributed by atoms with Gasteiger partial charge in [0.1, 0.15) is 11.3 Å². The summed E-state index contributed by atoms with van der Waals surface area (Å²) in [6.45, 7) is 5.98. The van der Waals surface area contributed by atoms with Crippen LogP contribution in [0.2, 0.25) is 0 Å². The first-order valence-corrected chi connectivity index (χ1v) is 9.54. The summed E-state index contributed by atoms with van der Waals surface area (Å²) in [5.74, 6) is 0.923. The molecular formula is C21H27NO5. The highest BCUT2D eigenvalue weighted by molar-refractivity contribution is 5.83. The fourth-order valence-corrected chi connectivity index (χ4v) is 3.55. The number of carbonyl (C=O) groups excluding carboxylic acids is 1. The first kappa shape index (κ1) is 19.4. The lowest BCUT2D eigenvalue weighted by atomic mass is 10.00. The minimum atomic E-state index is -0.617. The Morgan fingerprint density at radius 3 is 2.74 bits per heavy atom. The van der Waals surface area contributed by atoms with Crippen LogP contribution in [0.25, 0.3) is 11.0 Å². The largest absolute Gasteiger partial charge is 0.481 e. The predicted octanol–water partition coefficient (Wildman–Crippen LogP) is 3.01. The average molecular weight is 373 g/mol. The van der Waals surface area contributed by atoms with Crippen LogP contribution in [-0.4, -0.2) is 43.7 Å². The van der Waals surface area contributed by atoms with Crippen molar-refractivity contribution in [2.45, 2.75) is 39.2 Å². The topological polar surface area (TPSA) is 69.0 Å². The van der Waals surface area contributed by atoms with Gasteiger partial charge in [-0.05, 0) is 49.8 Å². The number of likely N-dealkylation sites (N-methyl/N-ethyl adjacent to an activating group) is 1. The van der Waals surface area contributed by atoms with E-state index in [0.717, 1.165) is 43.4 Å². The SMILES string of the molecule is CCc1cc(=O)oc2cc(OC(C)C(=O)N(C)CC3CCOCC3)ccc12. The summed E-state index contributed by atoms with van der Waals surface area (Å²) in [5, 5.41) is 0.889. The molecule has 0 saturated carbocycles. The van der Waals surface area contributed by atoms with Gasteiger partial charge in [-0.2, -0.15) is 0 Å². The van der Waals surface area contributed by atoms with Gasteiger partial charge < -0.3 is 18.8 Å². The first-order chi connectivity index (χ1) is 13.0. The summed E-state index contributed by atoms with van der Waals surface area (Å²) >= 11 is 0. The third-order valence-electron chi connectivity index (χ3n) is 5.09. The Labute approximate surface area is 159 Å². The van der Waals surface area contributed by atoms with Crippen LogP contribution in [0, 0.1) is 5.92 Å². The van der Waals surface area contributed by atoms with Crippen LogP contribution in [0.4, 0.5) is 0 Å². The lowest BCUT2D eigenvalue weighted by Gasteiger charge is -2.28. The molecule has 3 rings (SSSR count). The van der Waals surface area contributed by atoms with Crippen LogP contribution in [0.5, 0.6) is 5.75 Å². The molecule has 1 aliphatic rings. The summed E-state index contributed by atoms with van der Waals surface area (Å²) < 4.78 is 16.5. The van der Waals surface area contributed by atoms with Crippen molar-refractivity contribution in [3.05, 3.63) is 40.2 Å². The van der Waals surface area contributed by atoms with E-state index < -0.39 is 6.10 Å². The minimum Gasteiger partial charge on any atom is -0.481 e. The van der Waals surface area contributed by atoms with Crippen molar-refractivity contribution >= 4 is 16.9 Å². The highest BCUT2D eigenvalue weighted by Crippen LogP contribution is 2.24. The Bertz CT molecular complexity index is 853. The van der Waals surface area contributed by atoms with Crippen molar-refractivity contribution in [1.29, 1.82) is 0 Å². The molecule has 0 radical (unpaired) electrons. The van der Waals surface area contributed by atoms with E-state index in [2.05, 4.69) is 0 Å². The van der Waals surface area contributed by atoms with Crippen molar-refractivity contribution < 1.29 is 18.7 Å². The Morgan fingerprint density at radius 1 is 1.30 bits per heavy atom. The second-order valence-electron chi connectivity index (χ2n) is 7.14. The maximum Gasteiger partial charge on any atom is 0.336 e. The van der Waals surface area contributed by atoms with Crippen molar-refractivity contribution in [2.24, 2.45) is 5.92 Å². The summed E-state index contributed by atoms with van der Waals surface area (Å²) in [6.07, 6.45) is 2.09. The number of hydrogen-bond donors (Lipinski definition) is 0. The Kier molecular flexibility index (Phi) is 6.16. The van der Waals surface area contributed by atoms with Gasteiger partial charge in [0.2, 0.25) is 0 Å². The molecule has 1 aromatic carbocycles. The van der Waals surface area contributed by atoms with Crippen LogP contribution >= 0.6 is 0 Å². The maximum absolute atomic E-state index is 12.6. The van der Waals surface area contributed by atoms with Gasteiger partial charge in [-0.15, -0.1) is 0 Å². The second kappa shape index (κ2) is 8.57. The van der Waals surface area contributed by atoms with Crippen molar-refractivity contribution in [3.63, 3.8) is 0 Å². The average Bonchev–Trinajstić information content (AvgIpc) is 2.67. The van der Waals surface area contributed by atoms with Crippen LogP contribution < -0.4 is 10.4 Å². The summed E-state index contributed by atoms with van der Waals surface area (Å²) in [7, 11) is 1.81. The van der Waals surface area contributed by atoms with Crippen molar-refractivity contribution in [3.8, 4) is 5.75 Å². The Balaban J connectivity index is 1.68. The zero-order chi connectivity index (χ0) is 19.4. The molecule has 2 heterocycles. The number of fused-ring (bicyclic) bond motifs is 1. The van der Waals surface area contributed by atoms with E-state index in [0.29, 0.717) is 23.8 Å². The number of ether oxygens (including phenoxy) is 2. The molecule has 1 fully saturated rings. The number of benzene rings is 1. The van der Waals surface area contributed by atoms with Crippen LogP contribution in [0.1, 0.15) is 32.3 Å². The Hall–Kier alpha value is -2.34. The molecule has 1 aliphatic heterocycles. The third-order valence-corrected chi connectivity index (χ3v) is 5.09. The van der Waals surface area contributed by atoms with E-state index in [9.17, 15) is 9.59 Å². The van der Waals surface area contributed by atoms with Gasteiger partial charge in [0.15, 0.2) is 6.10 Å². The summed E-state index contributed by atoms with van der Waals surface area (Å²) in [4.78, 5) is 26.1. The fourth-order valence-electron chi connectivity index (χ4n) is 3.55. The van der Waals surface area contributed by atoms with Gasteiger partial charge in [-0.3, -0.25) is 4.79 Å². The van der Waals surface area contributed by atoms with Crippen molar-refractivity contribution in [2.75, 3.05) is 26.8 Å². The second-order valence-corrected chi connectivity index (χ2v) is 7.14. The molecule has 6 nitrogen and oxygen atoms in total. The third kappa shape index (κ3) is 4.69. The summed E-state index contributed by atoms with van der Waals surface area (Å²) in [6, 6.07) is 6.87. The molecule has 0 N–H and O–H groups in total. The van der Waals surface area contributed by atoms with E-state index in [-0.39, 0.29) is 11.5 Å². The fraction of sp³-hybridized carbons (Fsp3) is 0.524. The smallest absolute Gasteiger partial charge is 0.336 e. The van der Waals surface area contributed by atoms with Gasteiger partial charge in [0.25, 0.3) is 5.91 Å². The molecule has 1 saturated heterocycles. The van der Waals surface area contributed by atoms with Gasteiger partial charge in [-0.25, -0.2) is 4.79 Å². The molecule has 2 aromatic rings. The quantitative estimate of drug-likeness (QED) is 0.728. The lowest BCUT2D eigenvalue weighted by molar-refractivity contribution is -0.137. The first-order valence-electron chi connectivity index (χ1n) is 9.54. The Morgan fingerprint density at radius 2 is 2.04 bits per heavy atom. The van der Waals surface area contributed by atoms with Crippen LogP contribution in [-0.2, 0) is 16.0 Å². The molecular weight excluding hydrogens is 346 g/mol. The standard InChI is InChI=1S/C21H27NO5/c1-4-16-11-20(23)27-19-12-17(5-6-18(16)19)26-14(2)21(24)22(3)13-15-7-9-25-10-8-15/h5-6,11-12,14-15H,4,7-10,13H2,1-3H3.